The Labute approximate surface area is 213 Å². The number of carbonyl (C=O) groups is 1. The third kappa shape index (κ3) is 58.7. The van der Waals surface area contributed by atoms with E-state index in [1.807, 2.05) is 0 Å². The Bertz CT molecular complexity index is 321. The van der Waals surface area contributed by atoms with Crippen molar-refractivity contribution in [3.05, 3.63) is 0 Å². The molecule has 0 bridgehead atoms. The molecule has 0 saturated heterocycles. The highest BCUT2D eigenvalue weighted by Gasteiger charge is 1.96. The Balaban J connectivity index is -0.000000116. The quantitative estimate of drug-likeness (QED) is 0.0847. The number of rotatable bonds is 16. The molecule has 0 rings (SSSR count). The van der Waals surface area contributed by atoms with E-state index in [2.05, 4.69) is 6.92 Å². The lowest BCUT2D eigenvalue weighted by Gasteiger charge is -1.98. The lowest BCUT2D eigenvalue weighted by Crippen LogP contribution is -2.15. The molecule has 0 aromatic carbocycles. The van der Waals surface area contributed by atoms with Crippen molar-refractivity contribution in [1.82, 2.24) is 0 Å². The van der Waals surface area contributed by atoms with Crippen LogP contribution < -0.4 is 0 Å². The van der Waals surface area contributed by atoms with Crippen LogP contribution in [0.2, 0.25) is 0 Å². The molecule has 0 unspecified atom stereocenters. The Morgan fingerprint density at radius 1 is 0.472 bits per heavy atom. The number of carboxylic acid groups (broad SMARTS) is 1. The fourth-order valence-corrected chi connectivity index (χ4v) is 1.46. The summed E-state index contributed by atoms with van der Waals surface area (Å²) in [4.78, 5) is 10.1. The van der Waals surface area contributed by atoms with Gasteiger partial charge in [-0.25, -0.2) is 0 Å². The zero-order chi connectivity index (χ0) is 29.2. The highest BCUT2D eigenvalue weighted by atomic mass is 16.4. The number of unbranched alkanes of at least 4 members (excludes halogenated alkanes) is 6. The summed E-state index contributed by atoms with van der Waals surface area (Å²) in [5.41, 5.74) is 0. The maximum absolute atomic E-state index is 10.1. The van der Waals surface area contributed by atoms with Gasteiger partial charge < -0.3 is 66.4 Å². The van der Waals surface area contributed by atoms with E-state index in [0.717, 1.165) is 12.8 Å². The van der Waals surface area contributed by atoms with Gasteiger partial charge in [-0.3, -0.25) is 4.79 Å². The molecule has 224 valence electrons. The highest BCUT2D eigenvalue weighted by molar-refractivity contribution is 5.66. The van der Waals surface area contributed by atoms with Crippen LogP contribution in [0, 0.1) is 0 Å². The largest absolute Gasteiger partial charge is 0.481 e. The van der Waals surface area contributed by atoms with E-state index in [1.54, 1.807) is 0 Å². The highest BCUT2D eigenvalue weighted by Crippen LogP contribution is 2.07. The fraction of sp³-hybridized carbons (Fsp3) is 0.955. The first-order valence-corrected chi connectivity index (χ1v) is 11.8. The van der Waals surface area contributed by atoms with Gasteiger partial charge in [-0.15, -0.1) is 0 Å². The Hall–Kier alpha value is -1.01. The molecule has 0 fully saturated rings. The van der Waals surface area contributed by atoms with Gasteiger partial charge in [-0.2, -0.15) is 0 Å². The molecule has 0 radical (unpaired) electrons. The summed E-state index contributed by atoms with van der Waals surface area (Å²) < 4.78 is 0. The number of hydrogen-bond donors (Lipinski definition) is 13. The molecule has 36 heavy (non-hydrogen) atoms. The van der Waals surface area contributed by atoms with Crippen molar-refractivity contribution in [1.29, 1.82) is 0 Å². The van der Waals surface area contributed by atoms with Crippen LogP contribution in [0.15, 0.2) is 0 Å². The monoisotopic (exact) mass is 540 g/mol. The van der Waals surface area contributed by atoms with Gasteiger partial charge in [0.15, 0.2) is 0 Å². The van der Waals surface area contributed by atoms with Gasteiger partial charge in [-0.1, -0.05) is 45.4 Å². The van der Waals surface area contributed by atoms with Crippen LogP contribution >= 0.6 is 0 Å². The van der Waals surface area contributed by atoms with Crippen molar-refractivity contribution in [3.63, 3.8) is 0 Å². The number of carboxylic acids is 1. The Morgan fingerprint density at radius 2 is 0.694 bits per heavy atom. The van der Waals surface area contributed by atoms with E-state index in [1.165, 1.54) is 32.1 Å². The third-order valence-corrected chi connectivity index (χ3v) is 3.68. The van der Waals surface area contributed by atoms with E-state index >= 15 is 0 Å². The second-order valence-corrected chi connectivity index (χ2v) is 7.34. The average molecular weight is 541 g/mol. The summed E-state index contributed by atoms with van der Waals surface area (Å²) in [5, 5.41) is 104. The molecular weight excluding hydrogens is 488 g/mol. The molecule has 0 aromatic heterocycles. The van der Waals surface area contributed by atoms with E-state index in [4.69, 9.17) is 66.4 Å². The second kappa shape index (κ2) is 41.1. The van der Waals surface area contributed by atoms with Crippen LogP contribution in [0.1, 0.15) is 58.3 Å². The second-order valence-electron chi connectivity index (χ2n) is 7.34. The normalized spacial score (nSPS) is 10.0. The molecule has 14 nitrogen and oxygen atoms in total. The molecule has 13 N–H and O–H groups in total. The zero-order valence-corrected chi connectivity index (χ0v) is 21.3. The van der Waals surface area contributed by atoms with Crippen LogP contribution in [-0.2, 0) is 4.79 Å². The van der Waals surface area contributed by atoms with E-state index < -0.39 is 30.4 Å². The van der Waals surface area contributed by atoms with Gasteiger partial charge in [0, 0.05) is 6.42 Å². The summed E-state index contributed by atoms with van der Waals surface area (Å²) >= 11 is 0. The molecule has 0 aliphatic carbocycles. The first kappa shape index (κ1) is 44.9. The number of hydrogen-bond acceptors (Lipinski definition) is 13. The van der Waals surface area contributed by atoms with E-state index in [-0.39, 0.29) is 52.9 Å². The van der Waals surface area contributed by atoms with E-state index in [0.29, 0.717) is 6.42 Å². The predicted octanol–water partition coefficient (Wildman–Crippen LogP) is -3.46. The standard InChI is InChI=1S/C10H20O2.4C3H8O3/c1-2-3-4-5-6-7-8-9-10(11)12;4*4-1-3(6)2-5/h2-9H2,1H3,(H,11,12);4*3-6H,1-2H2. The SMILES string of the molecule is CCCCCCCCCC(=O)O.OCC(O)CO.OCC(O)CO.OCC(O)CO.OCC(O)CO. The molecular formula is C22H52O14. The molecule has 0 aliphatic rings. The van der Waals surface area contributed by atoms with Crippen molar-refractivity contribution in [2.45, 2.75) is 82.7 Å². The van der Waals surface area contributed by atoms with Crippen LogP contribution in [0.25, 0.3) is 0 Å². The first-order valence-electron chi connectivity index (χ1n) is 11.8. The zero-order valence-electron chi connectivity index (χ0n) is 21.3. The summed E-state index contributed by atoms with van der Waals surface area (Å²) in [6, 6.07) is 0. The molecule has 14 heteroatoms. The van der Waals surface area contributed by atoms with Crippen molar-refractivity contribution >= 4 is 5.97 Å². The van der Waals surface area contributed by atoms with Crippen LogP contribution in [0.4, 0.5) is 0 Å². The minimum absolute atomic E-state index is 0.341. The molecule has 0 saturated carbocycles. The smallest absolute Gasteiger partial charge is 0.303 e. The molecule has 0 amide bonds. The number of aliphatic carboxylic acids is 1. The maximum Gasteiger partial charge on any atom is 0.303 e. The fourth-order valence-electron chi connectivity index (χ4n) is 1.46. The Morgan fingerprint density at radius 3 is 0.861 bits per heavy atom. The summed E-state index contributed by atoms with van der Waals surface area (Å²) in [6.45, 7) is -0.718. The van der Waals surface area contributed by atoms with Crippen LogP contribution in [0.5, 0.6) is 0 Å². The third-order valence-electron chi connectivity index (χ3n) is 3.68. The Kier molecular flexibility index (Phi) is 51.4. The van der Waals surface area contributed by atoms with Gasteiger partial charge in [-0.05, 0) is 6.42 Å². The van der Waals surface area contributed by atoms with Crippen molar-refractivity contribution in [2.24, 2.45) is 0 Å². The number of aliphatic hydroxyl groups excluding tert-OH is 12. The van der Waals surface area contributed by atoms with Gasteiger partial charge in [0.1, 0.15) is 24.4 Å². The maximum atomic E-state index is 10.1. The minimum atomic E-state index is -0.954. The topological polar surface area (TPSA) is 280 Å². The minimum Gasteiger partial charge on any atom is -0.481 e. The lowest BCUT2D eigenvalue weighted by atomic mass is 10.1. The molecule has 0 aliphatic heterocycles. The summed E-state index contributed by atoms with van der Waals surface area (Å²) in [6.07, 6.45) is 4.83. The average Bonchev–Trinajstić information content (AvgIpc) is 2.91. The number of aliphatic hydroxyl groups is 12. The summed E-state index contributed by atoms with van der Waals surface area (Å²) in [7, 11) is 0. The van der Waals surface area contributed by atoms with Gasteiger partial charge >= 0.3 is 5.97 Å². The van der Waals surface area contributed by atoms with Crippen molar-refractivity contribution in [3.8, 4) is 0 Å². The van der Waals surface area contributed by atoms with Gasteiger partial charge in [0.2, 0.25) is 0 Å². The van der Waals surface area contributed by atoms with E-state index in [9.17, 15) is 4.79 Å². The summed E-state index contributed by atoms with van der Waals surface area (Å²) in [5.74, 6) is -0.663. The molecule has 0 spiro atoms. The van der Waals surface area contributed by atoms with Crippen molar-refractivity contribution < 1.29 is 71.2 Å². The predicted molar refractivity (Wildman–Crippen MR) is 131 cm³/mol. The van der Waals surface area contributed by atoms with Crippen molar-refractivity contribution in [2.75, 3.05) is 52.9 Å². The first-order chi connectivity index (χ1) is 17.0. The molecule has 0 atom stereocenters. The molecule has 0 heterocycles. The van der Waals surface area contributed by atoms with Gasteiger partial charge in [0.05, 0.1) is 52.9 Å². The lowest BCUT2D eigenvalue weighted by molar-refractivity contribution is -0.137. The van der Waals surface area contributed by atoms with Crippen LogP contribution in [0.3, 0.4) is 0 Å². The van der Waals surface area contributed by atoms with Crippen LogP contribution in [-0.4, -0.2) is 150 Å². The molecule has 0 aromatic rings. The van der Waals surface area contributed by atoms with Gasteiger partial charge in [0.25, 0.3) is 0 Å².